The maximum Gasteiger partial charge on any atom is 0.253 e. The number of aliphatic hydroxyl groups is 1. The zero-order chi connectivity index (χ0) is 31.3. The zero-order valence-electron chi connectivity index (χ0n) is 26.2. The number of carbonyl (C=O) groups is 2. The van der Waals surface area contributed by atoms with Gasteiger partial charge in [0.15, 0.2) is 0 Å². The van der Waals surface area contributed by atoms with Gasteiger partial charge in [0.05, 0.1) is 19.3 Å². The zero-order valence-corrected chi connectivity index (χ0v) is 27.8. The molecule has 0 aliphatic carbocycles. The van der Waals surface area contributed by atoms with Crippen molar-refractivity contribution >= 4 is 35.6 Å². The van der Waals surface area contributed by atoms with E-state index >= 15 is 0 Å². The Morgan fingerprint density at radius 2 is 1.60 bits per heavy atom. The predicted octanol–water partition coefficient (Wildman–Crippen LogP) is 6.60. The fourth-order valence-corrected chi connectivity index (χ4v) is 5.87. The maximum atomic E-state index is 13.9. The Labute approximate surface area is 277 Å². The molecule has 0 fully saturated rings. The van der Waals surface area contributed by atoms with Crippen LogP contribution in [0.4, 0.5) is 0 Å². The topological polar surface area (TPSA) is 90.9 Å². The highest BCUT2D eigenvalue weighted by atomic mass is 35.5. The second-order valence-electron chi connectivity index (χ2n) is 10.9. The van der Waals surface area contributed by atoms with Crippen LogP contribution in [0.1, 0.15) is 58.5 Å². The summed E-state index contributed by atoms with van der Waals surface area (Å²) >= 11 is 1.57. The van der Waals surface area contributed by atoms with Crippen molar-refractivity contribution in [3.63, 3.8) is 0 Å². The van der Waals surface area contributed by atoms with Gasteiger partial charge in [-0.2, -0.15) is 11.3 Å². The van der Waals surface area contributed by atoms with Gasteiger partial charge in [-0.05, 0) is 88.7 Å². The van der Waals surface area contributed by atoms with Gasteiger partial charge in [0, 0.05) is 37.3 Å². The lowest BCUT2D eigenvalue weighted by Crippen LogP contribution is -2.48. The molecule has 7 nitrogen and oxygen atoms in total. The molecule has 4 rings (SSSR count). The molecule has 240 valence electrons. The second kappa shape index (κ2) is 18.3. The second-order valence-corrected chi connectivity index (χ2v) is 11.7. The van der Waals surface area contributed by atoms with Crippen LogP contribution < -0.4 is 15.4 Å². The lowest BCUT2D eigenvalue weighted by molar-refractivity contribution is 0.0755. The van der Waals surface area contributed by atoms with Crippen LogP contribution in [-0.2, 0) is 13.0 Å². The number of amides is 2. The number of carbonyl (C=O) groups excluding carboxylic acids is 2. The lowest BCUT2D eigenvalue weighted by Gasteiger charge is -2.25. The molecule has 9 heteroatoms. The number of methoxy groups -OCH3 is 1. The first-order valence-electron chi connectivity index (χ1n) is 15.2. The number of thiophene rings is 1. The number of hydrogen-bond donors (Lipinski definition) is 3. The quantitative estimate of drug-likeness (QED) is 0.127. The first kappa shape index (κ1) is 35.8. The molecule has 2 amide bonds. The highest BCUT2D eigenvalue weighted by Crippen LogP contribution is 2.26. The summed E-state index contributed by atoms with van der Waals surface area (Å²) < 4.78 is 5.32. The van der Waals surface area contributed by atoms with Crippen LogP contribution in [0.3, 0.4) is 0 Å². The fourth-order valence-electron chi connectivity index (χ4n) is 5.21. The van der Waals surface area contributed by atoms with Crippen LogP contribution in [0.5, 0.6) is 5.75 Å². The monoisotopic (exact) mass is 649 g/mol. The van der Waals surface area contributed by atoms with Gasteiger partial charge in [-0.15, -0.1) is 12.4 Å². The maximum absolute atomic E-state index is 13.9. The Morgan fingerprint density at radius 3 is 2.27 bits per heavy atom. The highest BCUT2D eigenvalue weighted by molar-refractivity contribution is 7.08. The number of halogens is 1. The SMILES string of the molecule is CCCN(CCC)C(=O)c1cc(C(=O)N[C@@H](Cc2ccccc2)[C@H](O)CNCc2cccc(OC)c2)cc(-c2ccsc2)c1.Cl. The van der Waals surface area contributed by atoms with E-state index in [4.69, 9.17) is 4.74 Å². The Morgan fingerprint density at radius 1 is 0.889 bits per heavy atom. The number of benzene rings is 3. The third-order valence-corrected chi connectivity index (χ3v) is 8.15. The molecule has 3 aromatic carbocycles. The van der Waals surface area contributed by atoms with Gasteiger partial charge < -0.3 is 25.4 Å². The van der Waals surface area contributed by atoms with Crippen molar-refractivity contribution in [1.29, 1.82) is 0 Å². The average Bonchev–Trinajstić information content (AvgIpc) is 3.60. The number of nitrogens with one attached hydrogen (secondary N) is 2. The van der Waals surface area contributed by atoms with Gasteiger partial charge in [0.25, 0.3) is 11.8 Å². The van der Waals surface area contributed by atoms with Crippen molar-refractivity contribution in [2.24, 2.45) is 0 Å². The molecule has 0 radical (unpaired) electrons. The van der Waals surface area contributed by atoms with Crippen LogP contribution in [0.25, 0.3) is 11.1 Å². The van der Waals surface area contributed by atoms with E-state index in [-0.39, 0.29) is 30.8 Å². The summed E-state index contributed by atoms with van der Waals surface area (Å²) in [6, 6.07) is 24.4. The lowest BCUT2D eigenvalue weighted by atomic mass is 9.98. The van der Waals surface area contributed by atoms with Gasteiger partial charge in [-0.1, -0.05) is 56.3 Å². The van der Waals surface area contributed by atoms with E-state index in [1.165, 1.54) is 0 Å². The third-order valence-electron chi connectivity index (χ3n) is 7.47. The van der Waals surface area contributed by atoms with E-state index in [0.717, 1.165) is 40.8 Å². The summed E-state index contributed by atoms with van der Waals surface area (Å²) in [4.78, 5) is 29.3. The molecule has 0 bridgehead atoms. The minimum atomic E-state index is -0.865. The van der Waals surface area contributed by atoms with Gasteiger partial charge in [0.1, 0.15) is 5.75 Å². The van der Waals surface area contributed by atoms with Crippen molar-refractivity contribution < 1.29 is 19.4 Å². The summed E-state index contributed by atoms with van der Waals surface area (Å²) in [5, 5.41) is 21.7. The first-order valence-corrected chi connectivity index (χ1v) is 16.2. The molecule has 0 aliphatic rings. The largest absolute Gasteiger partial charge is 0.497 e. The standard InChI is InChI=1S/C36H43N3O4S.ClH/c1-4-15-39(16-5-2)36(42)31-21-29(28-14-17-44-25-28)20-30(22-31)35(41)38-33(19-26-10-7-6-8-11-26)34(40)24-37-23-27-12-9-13-32(18-27)43-3;/h6-14,17-18,20-22,25,33-34,37,40H,4-5,15-16,19,23-24H2,1-3H3,(H,38,41);1H/t33-,34+;/m0./s1. The van der Waals surface area contributed by atoms with E-state index in [1.807, 2.05) is 88.5 Å². The molecule has 45 heavy (non-hydrogen) atoms. The molecule has 0 saturated heterocycles. The summed E-state index contributed by atoms with van der Waals surface area (Å²) in [6.07, 6.45) is 1.30. The van der Waals surface area contributed by atoms with Crippen LogP contribution in [0.2, 0.25) is 0 Å². The molecule has 2 atom stereocenters. The Kier molecular flexibility index (Phi) is 14.6. The van der Waals surface area contributed by atoms with Crippen LogP contribution in [0.15, 0.2) is 89.6 Å². The molecule has 0 spiro atoms. The Bertz CT molecular complexity index is 1480. The molecule has 0 aliphatic heterocycles. The van der Waals surface area contributed by atoms with Crippen LogP contribution in [0, 0.1) is 0 Å². The molecule has 3 N–H and O–H groups in total. The molecule has 1 heterocycles. The molecule has 0 saturated carbocycles. The van der Waals surface area contributed by atoms with E-state index in [0.29, 0.717) is 37.2 Å². The van der Waals surface area contributed by atoms with E-state index in [2.05, 4.69) is 24.5 Å². The number of rotatable bonds is 16. The summed E-state index contributed by atoms with van der Waals surface area (Å²) in [5.74, 6) is 0.359. The first-order chi connectivity index (χ1) is 21.4. The van der Waals surface area contributed by atoms with E-state index in [1.54, 1.807) is 24.5 Å². The number of hydrogen-bond acceptors (Lipinski definition) is 6. The molecular weight excluding hydrogens is 606 g/mol. The van der Waals surface area contributed by atoms with Gasteiger partial charge in [0.2, 0.25) is 0 Å². The van der Waals surface area contributed by atoms with Crippen LogP contribution >= 0.6 is 23.7 Å². The molecular formula is C36H44ClN3O4S. The minimum absolute atomic E-state index is 0. The van der Waals surface area contributed by atoms with Crippen molar-refractivity contribution in [2.45, 2.75) is 51.8 Å². The smallest absolute Gasteiger partial charge is 0.253 e. The minimum Gasteiger partial charge on any atom is -0.497 e. The van der Waals surface area contributed by atoms with Crippen molar-refractivity contribution in [3.05, 3.63) is 112 Å². The Balaban J connectivity index is 0.00000552. The highest BCUT2D eigenvalue weighted by Gasteiger charge is 2.24. The summed E-state index contributed by atoms with van der Waals surface area (Å²) in [5.41, 5.74) is 4.68. The Hall–Kier alpha value is -3.69. The average molecular weight is 650 g/mol. The molecule has 1 aromatic heterocycles. The predicted molar refractivity (Wildman–Crippen MR) is 186 cm³/mol. The number of nitrogens with zero attached hydrogens (tertiary/aromatic N) is 1. The third kappa shape index (κ3) is 10.4. The van der Waals surface area contributed by atoms with E-state index in [9.17, 15) is 14.7 Å². The number of ether oxygens (including phenoxy) is 1. The van der Waals surface area contributed by atoms with Crippen molar-refractivity contribution in [2.75, 3.05) is 26.7 Å². The van der Waals surface area contributed by atoms with Gasteiger partial charge >= 0.3 is 0 Å². The van der Waals surface area contributed by atoms with Crippen molar-refractivity contribution in [3.8, 4) is 16.9 Å². The van der Waals surface area contributed by atoms with Crippen LogP contribution in [-0.4, -0.2) is 60.7 Å². The molecule has 0 unspecified atom stereocenters. The van der Waals surface area contributed by atoms with Crippen molar-refractivity contribution in [1.82, 2.24) is 15.5 Å². The van der Waals surface area contributed by atoms with Gasteiger partial charge in [-0.25, -0.2) is 0 Å². The summed E-state index contributed by atoms with van der Waals surface area (Å²) in [6.45, 7) is 6.24. The number of aliphatic hydroxyl groups excluding tert-OH is 1. The summed E-state index contributed by atoms with van der Waals surface area (Å²) in [7, 11) is 1.63. The van der Waals surface area contributed by atoms with E-state index < -0.39 is 12.1 Å². The van der Waals surface area contributed by atoms with Gasteiger partial charge in [-0.3, -0.25) is 9.59 Å². The fraction of sp³-hybridized carbons (Fsp3) is 0.333. The normalized spacial score (nSPS) is 12.1. The molecule has 4 aromatic rings.